The Kier molecular flexibility index (Phi) is 1.73. The first-order valence-corrected chi connectivity index (χ1v) is 11.6. The van der Waals surface area contributed by atoms with Gasteiger partial charge in [0, 0.05) is 10.8 Å². The van der Waals surface area contributed by atoms with Crippen molar-refractivity contribution >= 4 is 5.97 Å². The van der Waals surface area contributed by atoms with Crippen LogP contribution in [-0.2, 0) is 14.3 Å². The number of fused-ring (bicyclic) bond motifs is 2. The van der Waals surface area contributed by atoms with Crippen molar-refractivity contribution in [3.05, 3.63) is 0 Å². The number of hydrogen-bond donors (Lipinski definition) is 0. The van der Waals surface area contributed by atoms with Crippen molar-refractivity contribution in [2.24, 2.45) is 75.4 Å². The molecule has 1 heterocycles. The van der Waals surface area contributed by atoms with Crippen LogP contribution in [0.3, 0.4) is 0 Å². The molecule has 8 saturated carbocycles. The Hall–Kier alpha value is -0.570. The van der Waals surface area contributed by atoms with Gasteiger partial charge in [-0.15, -0.1) is 0 Å². The third-order valence-electron chi connectivity index (χ3n) is 13.7. The Morgan fingerprint density at radius 1 is 0.889 bits per heavy atom. The molecule has 9 fully saturated rings. The highest BCUT2D eigenvalue weighted by atomic mass is 16.6. The smallest absolute Gasteiger partial charge is 0.312 e. The van der Waals surface area contributed by atoms with Crippen molar-refractivity contribution in [2.45, 2.75) is 57.7 Å². The number of ether oxygens (including phenoxy) is 2. The molecule has 3 heteroatoms. The molecule has 144 valence electrons. The minimum Gasteiger partial charge on any atom is -0.469 e. The van der Waals surface area contributed by atoms with Crippen LogP contribution in [0.4, 0.5) is 0 Å². The van der Waals surface area contributed by atoms with E-state index in [2.05, 4.69) is 20.8 Å². The molecule has 0 amide bonds. The van der Waals surface area contributed by atoms with Crippen molar-refractivity contribution in [1.82, 2.24) is 0 Å². The lowest BCUT2D eigenvalue weighted by Gasteiger charge is -2.41. The summed E-state index contributed by atoms with van der Waals surface area (Å²) in [6, 6.07) is 0. The summed E-state index contributed by atoms with van der Waals surface area (Å²) in [7, 11) is 1.64. The molecule has 3 nitrogen and oxygen atoms in total. The third-order valence-corrected chi connectivity index (χ3v) is 13.7. The predicted molar refractivity (Wildman–Crippen MR) is 96.3 cm³/mol. The van der Waals surface area contributed by atoms with E-state index >= 15 is 0 Å². The number of epoxide rings is 1. The molecule has 0 unspecified atom stereocenters. The number of methoxy groups -OCH3 is 1. The van der Waals surface area contributed by atoms with Crippen molar-refractivity contribution in [2.75, 3.05) is 7.11 Å². The summed E-state index contributed by atoms with van der Waals surface area (Å²) in [5.41, 5.74) is 0.961. The van der Waals surface area contributed by atoms with Crippen LogP contribution in [0.25, 0.3) is 0 Å². The van der Waals surface area contributed by atoms with Crippen molar-refractivity contribution in [3.8, 4) is 0 Å². The average Bonchev–Trinajstić information content (AvgIpc) is 3.21. The summed E-state index contributed by atoms with van der Waals surface area (Å²) in [6.45, 7) is 7.67. The molecular formula is C24H30O3. The fourth-order valence-electron chi connectivity index (χ4n) is 14.4. The first kappa shape index (κ1) is 14.4. The molecule has 1 aliphatic heterocycles. The van der Waals surface area contributed by atoms with Gasteiger partial charge in [0.1, 0.15) is 11.2 Å². The minimum absolute atomic E-state index is 0.131. The second-order valence-electron chi connectivity index (χ2n) is 12.9. The van der Waals surface area contributed by atoms with Gasteiger partial charge in [-0.2, -0.15) is 0 Å². The number of hydrogen-bond acceptors (Lipinski definition) is 3. The quantitative estimate of drug-likeness (QED) is 0.526. The molecule has 2 spiro atoms. The van der Waals surface area contributed by atoms with E-state index in [1.54, 1.807) is 7.11 Å². The van der Waals surface area contributed by atoms with Crippen LogP contribution in [0.15, 0.2) is 0 Å². The van der Waals surface area contributed by atoms with Crippen molar-refractivity contribution < 1.29 is 14.3 Å². The summed E-state index contributed by atoms with van der Waals surface area (Å²) in [4.78, 5) is 13.4. The molecule has 0 aromatic rings. The van der Waals surface area contributed by atoms with E-state index in [1.165, 1.54) is 25.7 Å². The minimum atomic E-state index is -0.232. The third kappa shape index (κ3) is 0.821. The van der Waals surface area contributed by atoms with Crippen LogP contribution in [0, 0.1) is 75.4 Å². The van der Waals surface area contributed by atoms with Crippen LogP contribution in [0.5, 0.6) is 0 Å². The van der Waals surface area contributed by atoms with E-state index in [4.69, 9.17) is 9.47 Å². The summed E-state index contributed by atoms with van der Waals surface area (Å²) in [5.74, 6) is 7.59. The van der Waals surface area contributed by atoms with Gasteiger partial charge in [0.2, 0.25) is 0 Å². The lowest BCUT2D eigenvalue weighted by atomic mass is 9.60. The number of carbonyl (C=O) groups is 1. The summed E-state index contributed by atoms with van der Waals surface area (Å²) < 4.78 is 12.7. The van der Waals surface area contributed by atoms with Gasteiger partial charge >= 0.3 is 5.97 Å². The maximum atomic E-state index is 13.4. The number of carbonyl (C=O) groups excluding carboxylic acids is 1. The van der Waals surface area contributed by atoms with E-state index < -0.39 is 0 Å². The van der Waals surface area contributed by atoms with E-state index in [9.17, 15) is 4.79 Å². The first-order valence-electron chi connectivity index (χ1n) is 11.6. The zero-order chi connectivity index (χ0) is 18.1. The summed E-state index contributed by atoms with van der Waals surface area (Å²) in [5, 5.41) is 0. The monoisotopic (exact) mass is 366 g/mol. The molecule has 27 heavy (non-hydrogen) atoms. The molecule has 9 aliphatic rings. The summed E-state index contributed by atoms with van der Waals surface area (Å²) in [6.07, 6.45) is 5.27. The molecule has 0 radical (unpaired) electrons. The largest absolute Gasteiger partial charge is 0.469 e. The molecule has 15 atom stereocenters. The van der Waals surface area contributed by atoms with E-state index in [1.807, 2.05) is 0 Å². The van der Waals surface area contributed by atoms with E-state index in [0.717, 1.165) is 47.3 Å². The fourth-order valence-corrected chi connectivity index (χ4v) is 14.4. The van der Waals surface area contributed by atoms with Gasteiger partial charge in [-0.05, 0) is 91.8 Å². The normalized spacial score (nSPS) is 81.5. The maximum Gasteiger partial charge on any atom is 0.312 e. The Morgan fingerprint density at radius 3 is 2.22 bits per heavy atom. The zero-order valence-electron chi connectivity index (χ0n) is 16.8. The van der Waals surface area contributed by atoms with Gasteiger partial charge < -0.3 is 9.47 Å². The Balaban J connectivity index is 1.43. The van der Waals surface area contributed by atoms with Gasteiger partial charge in [0.25, 0.3) is 0 Å². The zero-order valence-corrected chi connectivity index (χ0v) is 16.8. The highest BCUT2D eigenvalue weighted by Crippen LogP contribution is 3.02. The van der Waals surface area contributed by atoms with Crippen LogP contribution in [0.1, 0.15) is 46.5 Å². The molecule has 0 N–H and O–H groups in total. The van der Waals surface area contributed by atoms with Crippen LogP contribution in [0.2, 0.25) is 0 Å². The van der Waals surface area contributed by atoms with Crippen molar-refractivity contribution in [1.29, 1.82) is 0 Å². The standard InChI is InChI=1S/C24H30O3/c1-20-7-5-9-13-11-12-14(21(13,2)19(25)26-4)10-6-8-23-16(10)18(12)22(3,17(11)15(9)20)24(20,23)27-23/h9-18H,5-8H2,1-4H3/t9-,10+,11-,12+,13+,14-,15+,16+,17-,18-,20+,21-,22+,23+,24+/m0/s1. The van der Waals surface area contributed by atoms with E-state index in [-0.39, 0.29) is 22.6 Å². The predicted octanol–water partition coefficient (Wildman–Crippen LogP) is 3.52. The molecule has 0 aromatic carbocycles. The molecule has 8 aliphatic carbocycles. The van der Waals surface area contributed by atoms with Gasteiger partial charge in [-0.25, -0.2) is 0 Å². The van der Waals surface area contributed by atoms with E-state index in [0.29, 0.717) is 22.7 Å². The number of esters is 1. The van der Waals surface area contributed by atoms with Gasteiger partial charge in [-0.3, -0.25) is 4.79 Å². The lowest BCUT2D eigenvalue weighted by molar-refractivity contribution is -0.160. The van der Waals surface area contributed by atoms with Gasteiger partial charge in [0.05, 0.1) is 12.5 Å². The fraction of sp³-hybridized carbons (Fsp3) is 0.958. The second kappa shape index (κ2) is 3.24. The SMILES string of the molecule is COC(=O)[C@@]1(C)[C@@H]2[C@@H]3CC[C@]4(C)[C@H]3[C@@H]3[C@H]2[C@@H]2[C@@H]1[C@H]1CC[C@]56O[C@@]45[C@@]3(C)[C@@H]2[C@@H]16. The topological polar surface area (TPSA) is 38.8 Å². The lowest BCUT2D eigenvalue weighted by Crippen LogP contribution is -2.48. The number of rotatable bonds is 1. The van der Waals surface area contributed by atoms with Crippen molar-refractivity contribution in [3.63, 3.8) is 0 Å². The van der Waals surface area contributed by atoms with Gasteiger partial charge in [0.15, 0.2) is 0 Å². The molecule has 0 bridgehead atoms. The van der Waals surface area contributed by atoms with Gasteiger partial charge in [-0.1, -0.05) is 13.8 Å². The first-order chi connectivity index (χ1) is 12.9. The maximum absolute atomic E-state index is 13.4. The van der Waals surface area contributed by atoms with Crippen LogP contribution < -0.4 is 0 Å². The highest BCUT2D eigenvalue weighted by molar-refractivity contribution is 5.79. The summed E-state index contributed by atoms with van der Waals surface area (Å²) >= 11 is 0. The second-order valence-corrected chi connectivity index (χ2v) is 12.9. The Labute approximate surface area is 160 Å². The molecule has 0 aromatic heterocycles. The molecule has 1 saturated heterocycles. The van der Waals surface area contributed by atoms with Crippen LogP contribution in [-0.4, -0.2) is 24.3 Å². The Bertz CT molecular complexity index is 898. The average molecular weight is 367 g/mol. The molecule has 9 rings (SSSR count). The molecular weight excluding hydrogens is 336 g/mol. The Morgan fingerprint density at radius 2 is 1.52 bits per heavy atom. The van der Waals surface area contributed by atoms with Crippen LogP contribution >= 0.6 is 0 Å². The highest BCUT2D eigenvalue weighted by Gasteiger charge is 3.06.